The van der Waals surface area contributed by atoms with Crippen LogP contribution in [0.3, 0.4) is 0 Å². The van der Waals surface area contributed by atoms with Gasteiger partial charge in [0.25, 0.3) is 0 Å². The average molecular weight is 494 g/mol. The fourth-order valence-corrected chi connectivity index (χ4v) is 5.01. The van der Waals surface area contributed by atoms with E-state index in [1.165, 1.54) is 6.33 Å². The smallest absolute Gasteiger partial charge is 0.231 e. The molecule has 33 heavy (non-hydrogen) atoms. The van der Waals surface area contributed by atoms with Gasteiger partial charge in [0, 0.05) is 44.3 Å². The zero-order valence-electron chi connectivity index (χ0n) is 19.2. The number of nitrogens with one attached hydrogen (secondary N) is 1. The highest BCUT2D eigenvalue weighted by Gasteiger charge is 2.35. The van der Waals surface area contributed by atoms with Crippen molar-refractivity contribution >= 4 is 34.9 Å². The molecule has 1 saturated heterocycles. The highest BCUT2D eigenvalue weighted by atomic mass is 35.5. The van der Waals surface area contributed by atoms with Crippen LogP contribution in [0.5, 0.6) is 0 Å². The van der Waals surface area contributed by atoms with Gasteiger partial charge in [-0.3, -0.25) is 4.79 Å². The fraction of sp³-hybridized carbons (Fsp3) is 0.542. The Bertz CT molecular complexity index is 1010. The average Bonchev–Trinajstić information content (AvgIpc) is 3.09. The van der Waals surface area contributed by atoms with Gasteiger partial charge in [0.1, 0.15) is 18.3 Å². The number of nitrogens with zero attached hydrogens (tertiary/aromatic N) is 4. The Morgan fingerprint density at radius 2 is 1.91 bits per heavy atom. The van der Waals surface area contributed by atoms with Crippen LogP contribution in [-0.4, -0.2) is 59.5 Å². The predicted octanol–water partition coefficient (Wildman–Crippen LogP) is 4.73. The number of piperazine rings is 1. The van der Waals surface area contributed by atoms with Crippen molar-refractivity contribution in [2.75, 3.05) is 37.6 Å². The second kappa shape index (κ2) is 10.1. The molecule has 1 fully saturated rings. The molecule has 1 unspecified atom stereocenters. The molecule has 1 amide bonds. The van der Waals surface area contributed by atoms with Gasteiger partial charge >= 0.3 is 0 Å². The van der Waals surface area contributed by atoms with Crippen LogP contribution < -0.4 is 10.2 Å². The molecule has 0 saturated carbocycles. The Labute approximate surface area is 204 Å². The topological polar surface area (TPSA) is 61.4 Å². The standard InChI is InChI=1S/C24H30Cl2FN5O/c1-14(2)28-12-17(16-4-5-18(25)19(26)11-16)24(33)32-8-6-31(7-9-32)23-21-15(3)10-20(27)22(21)29-13-30-23/h4-5,11,13-15,17,20,28H,6-10,12H2,1-3H3/t15-,17?,20-/m1/s1. The zero-order valence-corrected chi connectivity index (χ0v) is 20.7. The number of benzene rings is 1. The number of alkyl halides is 1. The molecular weight excluding hydrogens is 464 g/mol. The van der Waals surface area contributed by atoms with E-state index in [9.17, 15) is 9.18 Å². The zero-order chi connectivity index (χ0) is 23.7. The monoisotopic (exact) mass is 493 g/mol. The minimum atomic E-state index is -1.03. The lowest BCUT2D eigenvalue weighted by Crippen LogP contribution is -2.51. The summed E-state index contributed by atoms with van der Waals surface area (Å²) in [5.74, 6) is 0.602. The molecule has 4 rings (SSSR count). The van der Waals surface area contributed by atoms with Crippen LogP contribution in [0.15, 0.2) is 24.5 Å². The number of carbonyl (C=O) groups is 1. The summed E-state index contributed by atoms with van der Waals surface area (Å²) in [6.45, 7) is 9.08. The van der Waals surface area contributed by atoms with Gasteiger partial charge in [-0.2, -0.15) is 0 Å². The molecule has 2 aromatic rings. The number of amides is 1. The van der Waals surface area contributed by atoms with E-state index in [0.717, 1.165) is 16.9 Å². The van der Waals surface area contributed by atoms with Crippen molar-refractivity contribution in [1.82, 2.24) is 20.2 Å². The van der Waals surface area contributed by atoms with Gasteiger partial charge in [0.2, 0.25) is 5.91 Å². The number of hydrogen-bond donors (Lipinski definition) is 1. The van der Waals surface area contributed by atoms with E-state index in [1.807, 2.05) is 17.9 Å². The summed E-state index contributed by atoms with van der Waals surface area (Å²) < 4.78 is 14.3. The highest BCUT2D eigenvalue weighted by molar-refractivity contribution is 6.42. The summed E-state index contributed by atoms with van der Waals surface area (Å²) in [5, 5.41) is 4.30. The van der Waals surface area contributed by atoms with Gasteiger partial charge in [0.15, 0.2) is 0 Å². The number of anilines is 1. The molecule has 0 spiro atoms. The number of hydrogen-bond acceptors (Lipinski definition) is 5. The molecule has 1 aliphatic heterocycles. The van der Waals surface area contributed by atoms with Crippen molar-refractivity contribution in [2.45, 2.75) is 51.2 Å². The molecular formula is C24H30Cl2FN5O. The maximum absolute atomic E-state index is 14.3. The van der Waals surface area contributed by atoms with Crippen LogP contribution in [-0.2, 0) is 4.79 Å². The third-order valence-electron chi connectivity index (χ3n) is 6.51. The molecule has 1 N–H and O–H groups in total. The fourth-order valence-electron chi connectivity index (χ4n) is 4.70. The normalized spacial score (nSPS) is 21.4. The third kappa shape index (κ3) is 5.10. The molecule has 1 aromatic carbocycles. The van der Waals surface area contributed by atoms with Gasteiger partial charge < -0.3 is 15.1 Å². The Hall–Kier alpha value is -1.96. The van der Waals surface area contributed by atoms with Crippen molar-refractivity contribution in [3.05, 3.63) is 51.4 Å². The molecule has 178 valence electrons. The van der Waals surface area contributed by atoms with E-state index in [1.54, 1.807) is 12.1 Å². The van der Waals surface area contributed by atoms with Gasteiger partial charge in [-0.15, -0.1) is 0 Å². The predicted molar refractivity (Wildman–Crippen MR) is 130 cm³/mol. The second-order valence-corrected chi connectivity index (χ2v) is 10.0. The van der Waals surface area contributed by atoms with E-state index in [2.05, 4.69) is 34.0 Å². The minimum Gasteiger partial charge on any atom is -0.353 e. The molecule has 1 aliphatic carbocycles. The number of carbonyl (C=O) groups excluding carboxylic acids is 1. The first kappa shape index (κ1) is 24.2. The maximum atomic E-state index is 14.3. The first-order chi connectivity index (χ1) is 15.8. The number of halogens is 3. The molecule has 6 nitrogen and oxygen atoms in total. The van der Waals surface area contributed by atoms with Gasteiger partial charge in [-0.05, 0) is 30.0 Å². The van der Waals surface area contributed by atoms with Gasteiger partial charge in [-0.1, -0.05) is 50.0 Å². The Kier molecular flexibility index (Phi) is 7.41. The van der Waals surface area contributed by atoms with Crippen molar-refractivity contribution in [2.24, 2.45) is 0 Å². The van der Waals surface area contributed by atoms with Crippen LogP contribution in [0, 0.1) is 0 Å². The molecule has 0 radical (unpaired) electrons. The lowest BCUT2D eigenvalue weighted by Gasteiger charge is -2.38. The summed E-state index contributed by atoms with van der Waals surface area (Å²) in [6.07, 6.45) is 0.877. The Morgan fingerprint density at radius 3 is 2.58 bits per heavy atom. The van der Waals surface area contributed by atoms with Crippen LogP contribution in [0.25, 0.3) is 0 Å². The number of rotatable bonds is 6. The summed E-state index contributed by atoms with van der Waals surface area (Å²) >= 11 is 12.3. The molecule has 3 atom stereocenters. The number of fused-ring (bicyclic) bond motifs is 1. The summed E-state index contributed by atoms with van der Waals surface area (Å²) in [5.41, 5.74) is 2.28. The van der Waals surface area contributed by atoms with E-state index < -0.39 is 6.17 Å². The summed E-state index contributed by atoms with van der Waals surface area (Å²) in [4.78, 5) is 26.3. The SMILES string of the molecule is CC(C)NCC(C(=O)N1CCN(c2ncnc3c2[C@H](C)C[C@H]3F)CC1)c1ccc(Cl)c(Cl)c1. The first-order valence-corrected chi connectivity index (χ1v) is 12.2. The first-order valence-electron chi connectivity index (χ1n) is 11.5. The van der Waals surface area contributed by atoms with Crippen molar-refractivity contribution in [1.29, 1.82) is 0 Å². The van der Waals surface area contributed by atoms with Crippen molar-refractivity contribution < 1.29 is 9.18 Å². The van der Waals surface area contributed by atoms with E-state index >= 15 is 0 Å². The second-order valence-electron chi connectivity index (χ2n) is 9.20. The number of aromatic nitrogens is 2. The Morgan fingerprint density at radius 1 is 1.18 bits per heavy atom. The summed E-state index contributed by atoms with van der Waals surface area (Å²) in [7, 11) is 0. The highest BCUT2D eigenvalue weighted by Crippen LogP contribution is 2.44. The lowest BCUT2D eigenvalue weighted by atomic mass is 9.96. The quantitative estimate of drug-likeness (QED) is 0.629. The maximum Gasteiger partial charge on any atom is 0.231 e. The van der Waals surface area contributed by atoms with Gasteiger partial charge in [-0.25, -0.2) is 14.4 Å². The lowest BCUT2D eigenvalue weighted by molar-refractivity contribution is -0.133. The molecule has 1 aromatic heterocycles. The van der Waals surface area contributed by atoms with E-state index in [4.69, 9.17) is 23.2 Å². The Balaban J connectivity index is 1.49. The third-order valence-corrected chi connectivity index (χ3v) is 7.25. The van der Waals surface area contributed by atoms with Crippen LogP contribution in [0.2, 0.25) is 10.0 Å². The van der Waals surface area contributed by atoms with Gasteiger partial charge in [0.05, 0.1) is 21.7 Å². The molecule has 2 heterocycles. The molecule has 2 aliphatic rings. The molecule has 0 bridgehead atoms. The van der Waals surface area contributed by atoms with E-state index in [-0.39, 0.29) is 23.8 Å². The molecule has 9 heteroatoms. The van der Waals surface area contributed by atoms with Crippen LogP contribution in [0.1, 0.15) is 62.0 Å². The van der Waals surface area contributed by atoms with Crippen LogP contribution in [0.4, 0.5) is 10.2 Å². The summed E-state index contributed by atoms with van der Waals surface area (Å²) in [6, 6.07) is 5.64. The van der Waals surface area contributed by atoms with Crippen molar-refractivity contribution in [3.8, 4) is 0 Å². The largest absolute Gasteiger partial charge is 0.353 e. The minimum absolute atomic E-state index is 0.0614. The van der Waals surface area contributed by atoms with Crippen molar-refractivity contribution in [3.63, 3.8) is 0 Å². The van der Waals surface area contributed by atoms with Crippen LogP contribution >= 0.6 is 23.2 Å². The van der Waals surface area contributed by atoms with E-state index in [0.29, 0.717) is 54.9 Å².